The number of carboxylic acid groups (broad SMARTS) is 1. The molecule has 0 saturated carbocycles. The second-order valence-electron chi connectivity index (χ2n) is 4.57. The molecule has 0 bridgehead atoms. The van der Waals surface area contributed by atoms with E-state index in [4.69, 9.17) is 17.3 Å². The number of benzene rings is 1. The molecule has 2 aliphatic rings. The molecule has 0 aliphatic carbocycles. The average molecular weight is 335 g/mol. The lowest BCUT2D eigenvalue weighted by molar-refractivity contribution is -0.139. The number of nitrogens with zero attached hydrogens (tertiary/aromatic N) is 2. The monoisotopic (exact) mass is 335 g/mol. The van der Waals surface area contributed by atoms with Crippen molar-refractivity contribution in [3.05, 3.63) is 29.8 Å². The molecule has 1 atom stereocenters. The molecule has 2 amide bonds. The van der Waals surface area contributed by atoms with E-state index >= 15 is 0 Å². The summed E-state index contributed by atoms with van der Waals surface area (Å²) in [5, 5.41) is 15.6. The van der Waals surface area contributed by atoms with E-state index < -0.39 is 23.0 Å². The smallest absolute Gasteiger partial charge is 0.305 e. The van der Waals surface area contributed by atoms with Gasteiger partial charge in [-0.05, 0) is 6.07 Å². The minimum Gasteiger partial charge on any atom is -0.481 e. The van der Waals surface area contributed by atoms with Gasteiger partial charge in [-0.1, -0.05) is 42.2 Å². The van der Waals surface area contributed by atoms with E-state index in [2.05, 4.69) is 10.4 Å². The minimum absolute atomic E-state index is 0.0860. The molecule has 1 unspecified atom stereocenters. The van der Waals surface area contributed by atoms with Gasteiger partial charge in [-0.15, -0.1) is 0 Å². The third kappa shape index (κ3) is 2.48. The highest BCUT2D eigenvalue weighted by molar-refractivity contribution is 8.24. The zero-order valence-corrected chi connectivity index (χ0v) is 12.6. The Morgan fingerprint density at radius 1 is 1.41 bits per heavy atom. The number of hydrogen-bond acceptors (Lipinski definition) is 6. The largest absolute Gasteiger partial charge is 0.481 e. The summed E-state index contributed by atoms with van der Waals surface area (Å²) in [7, 11) is 0. The second-order valence-corrected chi connectivity index (χ2v) is 6.41. The van der Waals surface area contributed by atoms with Crippen molar-refractivity contribution in [3.63, 3.8) is 0 Å². The van der Waals surface area contributed by atoms with Crippen molar-refractivity contribution >= 4 is 57.5 Å². The van der Waals surface area contributed by atoms with Gasteiger partial charge in [-0.2, -0.15) is 10.1 Å². The molecule has 2 aliphatic heterocycles. The van der Waals surface area contributed by atoms with Gasteiger partial charge in [0, 0.05) is 5.56 Å². The summed E-state index contributed by atoms with van der Waals surface area (Å²) in [6, 6.07) is 6.95. The number of nitrogens with one attached hydrogen (secondary N) is 1. The van der Waals surface area contributed by atoms with Crippen molar-refractivity contribution in [1.82, 2.24) is 5.01 Å². The van der Waals surface area contributed by atoms with Crippen molar-refractivity contribution in [1.29, 1.82) is 0 Å². The van der Waals surface area contributed by atoms with E-state index in [1.807, 2.05) is 0 Å². The number of carboxylic acids is 1. The minimum atomic E-state index is -1.09. The Morgan fingerprint density at radius 2 is 2.14 bits per heavy atom. The van der Waals surface area contributed by atoms with Crippen LogP contribution in [0.15, 0.2) is 29.4 Å². The molecule has 7 nitrogen and oxygen atoms in total. The lowest BCUT2D eigenvalue weighted by Crippen LogP contribution is -2.30. The SMILES string of the molecule is O=C(O)CC1SC(=S)N(N=C2C(=O)Nc3ccccc32)C1=O. The summed E-state index contributed by atoms with van der Waals surface area (Å²) < 4.78 is 0.140. The van der Waals surface area contributed by atoms with Gasteiger partial charge in [0.1, 0.15) is 5.25 Å². The quantitative estimate of drug-likeness (QED) is 0.801. The van der Waals surface area contributed by atoms with Crippen LogP contribution in [-0.4, -0.2) is 43.2 Å². The molecule has 0 aromatic heterocycles. The zero-order valence-electron chi connectivity index (χ0n) is 11.0. The molecule has 1 aromatic rings. The lowest BCUT2D eigenvalue weighted by atomic mass is 10.1. The Morgan fingerprint density at radius 3 is 2.86 bits per heavy atom. The van der Waals surface area contributed by atoms with Gasteiger partial charge in [0.15, 0.2) is 10.0 Å². The Bertz CT molecular complexity index is 747. The summed E-state index contributed by atoms with van der Waals surface area (Å²) in [5.41, 5.74) is 1.27. The molecule has 112 valence electrons. The predicted octanol–water partition coefficient (Wildman–Crippen LogP) is 1.05. The number of para-hydroxylation sites is 1. The maximum atomic E-state index is 12.2. The van der Waals surface area contributed by atoms with Crippen LogP contribution in [0.3, 0.4) is 0 Å². The Labute approximate surface area is 134 Å². The van der Waals surface area contributed by atoms with E-state index in [1.165, 1.54) is 0 Å². The molecule has 0 spiro atoms. The third-order valence-electron chi connectivity index (χ3n) is 3.11. The number of rotatable bonds is 3. The third-order valence-corrected chi connectivity index (χ3v) is 4.59. The van der Waals surface area contributed by atoms with Crippen LogP contribution in [0.1, 0.15) is 12.0 Å². The number of thiocarbonyl (C=S) groups is 1. The lowest BCUT2D eigenvalue weighted by Gasteiger charge is -2.09. The van der Waals surface area contributed by atoms with Gasteiger partial charge in [0.2, 0.25) is 0 Å². The Hall–Kier alpha value is -2.26. The number of aliphatic carboxylic acids is 1. The molecule has 1 aromatic carbocycles. The molecular weight excluding hydrogens is 326 g/mol. The first-order valence-electron chi connectivity index (χ1n) is 6.23. The molecule has 2 heterocycles. The molecule has 2 N–H and O–H groups in total. The molecule has 9 heteroatoms. The van der Waals surface area contributed by atoms with E-state index in [1.54, 1.807) is 24.3 Å². The highest BCUT2D eigenvalue weighted by Gasteiger charge is 2.40. The van der Waals surface area contributed by atoms with Crippen LogP contribution in [0.2, 0.25) is 0 Å². The number of fused-ring (bicyclic) bond motifs is 1. The predicted molar refractivity (Wildman–Crippen MR) is 84.7 cm³/mol. The van der Waals surface area contributed by atoms with Gasteiger partial charge in [0.25, 0.3) is 11.8 Å². The summed E-state index contributed by atoms with van der Waals surface area (Å²) in [5.74, 6) is -2.04. The molecule has 22 heavy (non-hydrogen) atoms. The molecule has 3 rings (SSSR count). The first-order chi connectivity index (χ1) is 10.5. The van der Waals surface area contributed by atoms with E-state index in [0.717, 1.165) is 16.8 Å². The van der Waals surface area contributed by atoms with Crippen LogP contribution in [0.5, 0.6) is 0 Å². The van der Waals surface area contributed by atoms with Crippen LogP contribution in [0.25, 0.3) is 0 Å². The second kappa shape index (κ2) is 5.50. The van der Waals surface area contributed by atoms with Gasteiger partial charge >= 0.3 is 5.97 Å². The van der Waals surface area contributed by atoms with Crippen molar-refractivity contribution in [2.24, 2.45) is 5.10 Å². The molecule has 1 saturated heterocycles. The first-order valence-corrected chi connectivity index (χ1v) is 7.52. The van der Waals surface area contributed by atoms with Crippen LogP contribution in [0.4, 0.5) is 5.69 Å². The Balaban J connectivity index is 1.92. The summed E-state index contributed by atoms with van der Waals surface area (Å²) in [4.78, 5) is 34.9. The summed E-state index contributed by atoms with van der Waals surface area (Å²) in [6.45, 7) is 0. The van der Waals surface area contributed by atoms with E-state index in [0.29, 0.717) is 11.3 Å². The zero-order chi connectivity index (χ0) is 15.9. The fraction of sp³-hybridized carbons (Fsp3) is 0.154. The normalized spacial score (nSPS) is 22.2. The Kier molecular flexibility index (Phi) is 3.67. The molecule has 0 radical (unpaired) electrons. The van der Waals surface area contributed by atoms with Crippen LogP contribution in [0, 0.1) is 0 Å². The first kappa shape index (κ1) is 14.7. The van der Waals surface area contributed by atoms with Gasteiger partial charge in [-0.25, -0.2) is 0 Å². The maximum Gasteiger partial charge on any atom is 0.305 e. The van der Waals surface area contributed by atoms with Crippen molar-refractivity contribution < 1.29 is 19.5 Å². The van der Waals surface area contributed by atoms with Crippen LogP contribution < -0.4 is 5.32 Å². The van der Waals surface area contributed by atoms with Crippen LogP contribution >= 0.6 is 24.0 Å². The van der Waals surface area contributed by atoms with E-state index in [9.17, 15) is 14.4 Å². The van der Waals surface area contributed by atoms with Gasteiger partial charge in [0.05, 0.1) is 12.1 Å². The van der Waals surface area contributed by atoms with Crippen molar-refractivity contribution in [2.45, 2.75) is 11.7 Å². The van der Waals surface area contributed by atoms with Crippen LogP contribution in [-0.2, 0) is 14.4 Å². The number of hydrazone groups is 1. The fourth-order valence-corrected chi connectivity index (χ4v) is 3.51. The van der Waals surface area contributed by atoms with Crippen molar-refractivity contribution in [2.75, 3.05) is 5.32 Å². The standard InChI is InChI=1S/C13H9N3O4S2/c17-9(18)5-8-12(20)16(13(21)22-8)15-10-6-3-1-2-4-7(6)14-11(10)19/h1-4,8H,5H2,(H,17,18)(H,14,15,19). The average Bonchev–Trinajstić information content (AvgIpc) is 2.90. The number of carbonyl (C=O) groups excluding carboxylic acids is 2. The molecule has 1 fully saturated rings. The number of thioether (sulfide) groups is 1. The maximum absolute atomic E-state index is 12.2. The van der Waals surface area contributed by atoms with Gasteiger partial charge in [-0.3, -0.25) is 14.4 Å². The molecular formula is C13H9N3O4S2. The van der Waals surface area contributed by atoms with Gasteiger partial charge < -0.3 is 10.4 Å². The summed E-state index contributed by atoms with van der Waals surface area (Å²) in [6.07, 6.45) is -0.340. The van der Waals surface area contributed by atoms with E-state index in [-0.39, 0.29) is 16.5 Å². The fourth-order valence-electron chi connectivity index (χ4n) is 2.13. The highest BCUT2D eigenvalue weighted by atomic mass is 32.2. The number of anilines is 1. The summed E-state index contributed by atoms with van der Waals surface area (Å²) >= 11 is 6.02. The van der Waals surface area contributed by atoms with Crippen molar-refractivity contribution in [3.8, 4) is 0 Å². The number of hydrogen-bond donors (Lipinski definition) is 2. The highest BCUT2D eigenvalue weighted by Crippen LogP contribution is 2.31. The number of amides is 2. The number of carbonyl (C=O) groups is 3. The topological polar surface area (TPSA) is 99.1 Å².